The van der Waals surface area contributed by atoms with E-state index in [1.165, 1.54) is 26.4 Å². The largest absolute Gasteiger partial charge is 0.504 e. The van der Waals surface area contributed by atoms with Crippen LogP contribution in [-0.2, 0) is 9.53 Å². The van der Waals surface area contributed by atoms with Gasteiger partial charge in [-0.1, -0.05) is 19.3 Å². The number of carbonyl (C=O) groups excluding carboxylic acids is 1. The summed E-state index contributed by atoms with van der Waals surface area (Å²) >= 11 is 0. The Morgan fingerprint density at radius 3 is 2.32 bits per heavy atom. The molecule has 2 heterocycles. The van der Waals surface area contributed by atoms with Gasteiger partial charge in [-0.15, -0.1) is 0 Å². The highest BCUT2D eigenvalue weighted by molar-refractivity contribution is 5.89. The van der Waals surface area contributed by atoms with E-state index in [2.05, 4.69) is 5.32 Å². The van der Waals surface area contributed by atoms with Gasteiger partial charge in [0.25, 0.3) is 5.91 Å². The topological polar surface area (TPSA) is 177 Å². The van der Waals surface area contributed by atoms with E-state index in [0.717, 1.165) is 32.1 Å². The molecule has 1 saturated carbocycles. The van der Waals surface area contributed by atoms with Crippen LogP contribution < -0.4 is 25.0 Å². The maximum Gasteiger partial charge on any atom is 0.252 e. The lowest BCUT2D eigenvalue weighted by Crippen LogP contribution is -2.63. The number of benzene rings is 2. The zero-order valence-corrected chi connectivity index (χ0v) is 22.6. The van der Waals surface area contributed by atoms with Crippen molar-refractivity contribution in [3.05, 3.63) is 46.6 Å². The molecule has 0 radical (unpaired) electrons. The van der Waals surface area contributed by atoms with Gasteiger partial charge in [-0.3, -0.25) is 9.59 Å². The first-order valence-corrected chi connectivity index (χ1v) is 13.4. The predicted octanol–water partition coefficient (Wildman–Crippen LogP) is 1.82. The molecule has 3 aromatic rings. The molecule has 1 aliphatic carbocycles. The van der Waals surface area contributed by atoms with Crippen molar-refractivity contribution in [2.75, 3.05) is 14.2 Å². The maximum atomic E-state index is 13.0. The Labute approximate surface area is 235 Å². The lowest BCUT2D eigenvalue weighted by atomic mass is 9.94. The van der Waals surface area contributed by atoms with Crippen LogP contribution in [0, 0.1) is 0 Å². The van der Waals surface area contributed by atoms with Gasteiger partial charge in [0.2, 0.25) is 12.0 Å². The Morgan fingerprint density at radius 2 is 1.66 bits per heavy atom. The molecule has 2 aromatic carbocycles. The number of ether oxygens (including phenoxy) is 4. The van der Waals surface area contributed by atoms with Gasteiger partial charge >= 0.3 is 0 Å². The van der Waals surface area contributed by atoms with E-state index in [-0.39, 0.29) is 34.3 Å². The second-order valence-corrected chi connectivity index (χ2v) is 10.2. The monoisotopic (exact) mass is 571 g/mol. The van der Waals surface area contributed by atoms with Gasteiger partial charge in [-0.25, -0.2) is 0 Å². The molecule has 0 spiro atoms. The summed E-state index contributed by atoms with van der Waals surface area (Å²) < 4.78 is 27.8. The molecule has 1 aromatic heterocycles. The zero-order chi connectivity index (χ0) is 29.3. The SMILES string of the molecule is COc1ccc(-c2cc(=O)c3c(O)c(OC)c(OC4OC(C(=O)NC5CCCCC5)C(O)C(O)C4O)cc3o2)cc1. The highest BCUT2D eigenvalue weighted by Crippen LogP contribution is 2.43. The second-order valence-electron chi connectivity index (χ2n) is 10.2. The molecule has 5 N–H and O–H groups in total. The molecule has 1 amide bonds. The molecular weight excluding hydrogens is 538 g/mol. The molecule has 2 fully saturated rings. The Kier molecular flexibility index (Phi) is 8.36. The van der Waals surface area contributed by atoms with Crippen molar-refractivity contribution in [2.45, 2.75) is 68.9 Å². The average Bonchev–Trinajstić information content (AvgIpc) is 2.97. The van der Waals surface area contributed by atoms with Crippen LogP contribution in [0.15, 0.2) is 45.6 Å². The van der Waals surface area contributed by atoms with Crippen molar-refractivity contribution in [1.82, 2.24) is 5.32 Å². The van der Waals surface area contributed by atoms with E-state index in [1.54, 1.807) is 24.3 Å². The molecule has 12 nitrogen and oxygen atoms in total. The summed E-state index contributed by atoms with van der Waals surface area (Å²) in [7, 11) is 2.76. The molecule has 0 bridgehead atoms. The number of phenolic OH excluding ortho intramolecular Hbond substituents is 1. The third-order valence-electron chi connectivity index (χ3n) is 7.51. The molecule has 5 atom stereocenters. The quantitative estimate of drug-likeness (QED) is 0.279. The molecular formula is C29H33NO11. The Bertz CT molecular complexity index is 1450. The number of aliphatic hydroxyl groups excluding tert-OH is 3. The molecule has 5 unspecified atom stereocenters. The Balaban J connectivity index is 1.46. The summed E-state index contributed by atoms with van der Waals surface area (Å²) in [6, 6.07) is 9.19. The highest BCUT2D eigenvalue weighted by Gasteiger charge is 2.48. The first kappa shape index (κ1) is 28.7. The first-order chi connectivity index (χ1) is 19.7. The maximum absolute atomic E-state index is 13.0. The number of amides is 1. The number of phenols is 1. The number of hydrogen-bond acceptors (Lipinski definition) is 11. The van der Waals surface area contributed by atoms with Crippen LogP contribution in [0.3, 0.4) is 0 Å². The van der Waals surface area contributed by atoms with Crippen molar-refractivity contribution in [1.29, 1.82) is 0 Å². The second kappa shape index (κ2) is 12.0. The van der Waals surface area contributed by atoms with Crippen LogP contribution in [-0.4, -0.2) is 77.3 Å². The van der Waals surface area contributed by atoms with Crippen LogP contribution in [0.5, 0.6) is 23.0 Å². The van der Waals surface area contributed by atoms with Crippen LogP contribution in [0.25, 0.3) is 22.3 Å². The lowest BCUT2D eigenvalue weighted by Gasteiger charge is -2.40. The van der Waals surface area contributed by atoms with Gasteiger partial charge in [0.05, 0.1) is 14.2 Å². The number of nitrogens with one attached hydrogen (secondary N) is 1. The van der Waals surface area contributed by atoms with Gasteiger partial charge in [-0.2, -0.15) is 0 Å². The average molecular weight is 572 g/mol. The van der Waals surface area contributed by atoms with Crippen molar-refractivity contribution < 1.29 is 48.6 Å². The zero-order valence-electron chi connectivity index (χ0n) is 22.6. The minimum atomic E-state index is -1.78. The van der Waals surface area contributed by atoms with Gasteiger partial charge in [-0.05, 0) is 37.1 Å². The number of rotatable bonds is 7. The van der Waals surface area contributed by atoms with Crippen molar-refractivity contribution in [2.24, 2.45) is 0 Å². The summed E-state index contributed by atoms with van der Waals surface area (Å²) in [5.41, 5.74) is -0.0435. The minimum absolute atomic E-state index is 0.0610. The first-order valence-electron chi connectivity index (χ1n) is 13.4. The van der Waals surface area contributed by atoms with Crippen molar-refractivity contribution in [3.8, 4) is 34.3 Å². The van der Waals surface area contributed by atoms with E-state index in [9.17, 15) is 30.0 Å². The van der Waals surface area contributed by atoms with Gasteiger partial charge in [0, 0.05) is 23.7 Å². The molecule has 5 rings (SSSR count). The highest BCUT2D eigenvalue weighted by atomic mass is 16.7. The third-order valence-corrected chi connectivity index (χ3v) is 7.51. The Hall–Kier alpha value is -3.84. The lowest BCUT2D eigenvalue weighted by molar-refractivity contribution is -0.267. The van der Waals surface area contributed by atoms with E-state index < -0.39 is 47.8 Å². The third kappa shape index (κ3) is 5.68. The summed E-state index contributed by atoms with van der Waals surface area (Å²) in [4.78, 5) is 26.0. The Morgan fingerprint density at radius 1 is 0.951 bits per heavy atom. The van der Waals surface area contributed by atoms with E-state index in [4.69, 9.17) is 23.4 Å². The van der Waals surface area contributed by atoms with E-state index >= 15 is 0 Å². The molecule has 1 aliphatic heterocycles. The van der Waals surface area contributed by atoms with Crippen LogP contribution in [0.4, 0.5) is 0 Å². The number of fused-ring (bicyclic) bond motifs is 1. The van der Waals surface area contributed by atoms with Crippen LogP contribution >= 0.6 is 0 Å². The fourth-order valence-corrected chi connectivity index (χ4v) is 5.26. The summed E-state index contributed by atoms with van der Waals surface area (Å²) in [5.74, 6) is -0.875. The predicted molar refractivity (Wildman–Crippen MR) is 145 cm³/mol. The molecule has 2 aliphatic rings. The molecule has 41 heavy (non-hydrogen) atoms. The number of methoxy groups -OCH3 is 2. The molecule has 1 saturated heterocycles. The summed E-state index contributed by atoms with van der Waals surface area (Å²) in [6.07, 6.45) is -3.88. The number of aliphatic hydroxyl groups is 3. The van der Waals surface area contributed by atoms with Gasteiger partial charge < -0.3 is 49.1 Å². The number of hydrogen-bond donors (Lipinski definition) is 5. The fourth-order valence-electron chi connectivity index (χ4n) is 5.26. The standard InChI is InChI=1S/C29H33NO11/c1-37-16-10-8-14(9-11-16)18-12-17(31)21-19(39-18)13-20(26(38-2)22(21)32)40-29-25(35)23(33)24(34)27(41-29)28(36)30-15-6-4-3-5-7-15/h8-13,15,23-25,27,29,32-35H,3-7H2,1-2H3,(H,30,36). The molecule has 12 heteroatoms. The summed E-state index contributed by atoms with van der Waals surface area (Å²) in [5, 5.41) is 45.2. The molecule has 220 valence electrons. The van der Waals surface area contributed by atoms with Crippen molar-refractivity contribution >= 4 is 16.9 Å². The van der Waals surface area contributed by atoms with Gasteiger partial charge in [0.15, 0.2) is 23.0 Å². The van der Waals surface area contributed by atoms with E-state index in [0.29, 0.717) is 11.3 Å². The summed E-state index contributed by atoms with van der Waals surface area (Å²) in [6.45, 7) is 0. The number of carbonyl (C=O) groups is 1. The van der Waals surface area contributed by atoms with Crippen molar-refractivity contribution in [3.63, 3.8) is 0 Å². The normalized spacial score (nSPS) is 25.0. The minimum Gasteiger partial charge on any atom is -0.504 e. The van der Waals surface area contributed by atoms with Crippen LogP contribution in [0.2, 0.25) is 0 Å². The number of aromatic hydroxyl groups is 1. The fraction of sp³-hybridized carbons (Fsp3) is 0.448. The van der Waals surface area contributed by atoms with Crippen LogP contribution in [0.1, 0.15) is 32.1 Å². The van der Waals surface area contributed by atoms with E-state index in [1.807, 2.05) is 0 Å². The van der Waals surface area contributed by atoms with Gasteiger partial charge in [0.1, 0.15) is 40.8 Å². The smallest absolute Gasteiger partial charge is 0.252 e.